The van der Waals surface area contributed by atoms with E-state index in [1.807, 2.05) is 30.6 Å². The van der Waals surface area contributed by atoms with Crippen LogP contribution in [0.4, 0.5) is 4.79 Å². The van der Waals surface area contributed by atoms with Gasteiger partial charge in [-0.05, 0) is 46.0 Å². The molecule has 0 aromatic heterocycles. The zero-order valence-electron chi connectivity index (χ0n) is 15.8. The molecular weight excluding hydrogens is 372 g/mol. The number of thioether (sulfide) groups is 1. The lowest BCUT2D eigenvalue weighted by Crippen LogP contribution is -2.50. The van der Waals surface area contributed by atoms with E-state index in [9.17, 15) is 13.2 Å². The van der Waals surface area contributed by atoms with Crippen LogP contribution in [0.25, 0.3) is 0 Å². The smallest absolute Gasteiger partial charge is 0.320 e. The zero-order valence-corrected chi connectivity index (χ0v) is 17.4. The van der Waals surface area contributed by atoms with Gasteiger partial charge in [0.2, 0.25) is 10.0 Å². The minimum absolute atomic E-state index is 0.00150. The maximum Gasteiger partial charge on any atom is 0.320 e. The average molecular weight is 403 g/mol. The average Bonchev–Trinajstić information content (AvgIpc) is 3.06. The van der Waals surface area contributed by atoms with E-state index in [0.29, 0.717) is 23.5 Å². The first-order chi connectivity index (χ1) is 12.2. The number of amides is 2. The number of carbonyl (C=O) groups excluding carboxylic acids is 1. The van der Waals surface area contributed by atoms with Crippen molar-refractivity contribution in [2.75, 3.05) is 20.1 Å². The number of nitrogens with one attached hydrogen (secondary N) is 2. The molecule has 2 saturated carbocycles. The molecule has 4 fully saturated rings. The molecule has 4 aliphatic rings. The number of sulfonamides is 1. The summed E-state index contributed by atoms with van der Waals surface area (Å²) >= 11 is 1.88. The number of carbonyl (C=O) groups is 1. The van der Waals surface area contributed by atoms with Crippen molar-refractivity contribution in [2.45, 2.75) is 79.4 Å². The first-order valence-electron chi connectivity index (χ1n) is 9.64. The monoisotopic (exact) mass is 402 g/mol. The van der Waals surface area contributed by atoms with Gasteiger partial charge in [0.05, 0.1) is 22.7 Å². The van der Waals surface area contributed by atoms with Gasteiger partial charge in [-0.15, -0.1) is 11.8 Å². The molecule has 5 unspecified atom stereocenters. The van der Waals surface area contributed by atoms with Crippen molar-refractivity contribution < 1.29 is 13.2 Å². The Morgan fingerprint density at radius 1 is 1.31 bits per heavy atom. The van der Waals surface area contributed by atoms with Gasteiger partial charge >= 0.3 is 6.03 Å². The SMILES string of the molecule is CC1NCC(CN2C(=O)N(C)C3CC(S(=O)(=O)NC4(C)CC4)CCC32)S1. The van der Waals surface area contributed by atoms with Crippen LogP contribution in [0.5, 0.6) is 0 Å². The van der Waals surface area contributed by atoms with Gasteiger partial charge < -0.3 is 15.1 Å². The van der Waals surface area contributed by atoms with Gasteiger partial charge in [0.1, 0.15) is 0 Å². The quantitative estimate of drug-likeness (QED) is 0.721. The van der Waals surface area contributed by atoms with E-state index in [0.717, 1.165) is 32.4 Å². The largest absolute Gasteiger partial charge is 0.323 e. The van der Waals surface area contributed by atoms with Crippen LogP contribution in [0.3, 0.4) is 0 Å². The maximum atomic E-state index is 12.8. The van der Waals surface area contributed by atoms with Crippen LogP contribution in [0.2, 0.25) is 0 Å². The Balaban J connectivity index is 1.43. The van der Waals surface area contributed by atoms with Gasteiger partial charge in [-0.1, -0.05) is 0 Å². The molecule has 2 N–H and O–H groups in total. The van der Waals surface area contributed by atoms with E-state index in [1.54, 1.807) is 4.90 Å². The van der Waals surface area contributed by atoms with E-state index in [-0.39, 0.29) is 28.9 Å². The highest BCUT2D eigenvalue weighted by Crippen LogP contribution is 2.39. The predicted molar refractivity (Wildman–Crippen MR) is 104 cm³/mol. The Labute approximate surface area is 160 Å². The third kappa shape index (κ3) is 3.47. The topological polar surface area (TPSA) is 81.8 Å². The summed E-state index contributed by atoms with van der Waals surface area (Å²) in [5, 5.41) is 3.88. The van der Waals surface area contributed by atoms with Gasteiger partial charge in [0, 0.05) is 30.9 Å². The highest BCUT2D eigenvalue weighted by molar-refractivity contribution is 8.00. The molecular formula is C17H30N4O3S2. The van der Waals surface area contributed by atoms with Gasteiger partial charge in [0.15, 0.2) is 0 Å². The summed E-state index contributed by atoms with van der Waals surface area (Å²) in [6.07, 6.45) is 3.78. The first-order valence-corrected chi connectivity index (χ1v) is 12.1. The minimum Gasteiger partial charge on any atom is -0.323 e. The molecule has 0 aromatic rings. The Morgan fingerprint density at radius 3 is 2.65 bits per heavy atom. The van der Waals surface area contributed by atoms with Crippen LogP contribution in [-0.2, 0) is 10.0 Å². The van der Waals surface area contributed by atoms with Crippen molar-refractivity contribution in [1.82, 2.24) is 19.8 Å². The minimum atomic E-state index is -3.33. The molecule has 4 rings (SSSR count). The number of urea groups is 1. The fourth-order valence-corrected chi connectivity index (χ4v) is 7.74. The second-order valence-corrected chi connectivity index (χ2v) is 12.2. The molecule has 0 spiro atoms. The van der Waals surface area contributed by atoms with Crippen molar-refractivity contribution in [2.24, 2.45) is 0 Å². The molecule has 148 valence electrons. The van der Waals surface area contributed by atoms with Crippen LogP contribution in [-0.4, -0.2) is 77.9 Å². The molecule has 0 aromatic carbocycles. The Hall–Kier alpha value is -0.510. The molecule has 5 atom stereocenters. The Bertz CT molecular complexity index is 681. The van der Waals surface area contributed by atoms with Crippen molar-refractivity contribution >= 4 is 27.8 Å². The third-order valence-corrected chi connectivity index (χ3v) is 9.79. The molecule has 26 heavy (non-hydrogen) atoms. The van der Waals surface area contributed by atoms with Crippen molar-refractivity contribution in [3.8, 4) is 0 Å². The fraction of sp³-hybridized carbons (Fsp3) is 0.941. The molecule has 0 bridgehead atoms. The molecule has 7 nitrogen and oxygen atoms in total. The van der Waals surface area contributed by atoms with Gasteiger partial charge in [-0.2, -0.15) is 0 Å². The molecule has 2 saturated heterocycles. The Kier molecular flexibility index (Phi) is 4.73. The summed E-state index contributed by atoms with van der Waals surface area (Å²) in [7, 11) is -1.50. The fourth-order valence-electron chi connectivity index (χ4n) is 4.58. The lowest BCUT2D eigenvalue weighted by atomic mass is 9.90. The molecule has 2 aliphatic carbocycles. The molecule has 2 amide bonds. The van der Waals surface area contributed by atoms with Gasteiger partial charge in [-0.3, -0.25) is 0 Å². The van der Waals surface area contributed by atoms with Gasteiger partial charge in [0.25, 0.3) is 0 Å². The summed E-state index contributed by atoms with van der Waals surface area (Å²) in [6, 6.07) is 0.203. The van der Waals surface area contributed by atoms with E-state index in [1.165, 1.54) is 0 Å². The van der Waals surface area contributed by atoms with Crippen molar-refractivity contribution in [3.05, 3.63) is 0 Å². The van der Waals surface area contributed by atoms with Gasteiger partial charge in [-0.25, -0.2) is 17.9 Å². The van der Waals surface area contributed by atoms with E-state index in [2.05, 4.69) is 17.0 Å². The summed E-state index contributed by atoms with van der Waals surface area (Å²) < 4.78 is 28.4. The zero-order chi connectivity index (χ0) is 18.7. The van der Waals surface area contributed by atoms with E-state index in [4.69, 9.17) is 0 Å². The number of fused-ring (bicyclic) bond motifs is 1. The van der Waals surface area contributed by atoms with Crippen molar-refractivity contribution in [3.63, 3.8) is 0 Å². The predicted octanol–water partition coefficient (Wildman–Crippen LogP) is 1.17. The molecule has 0 radical (unpaired) electrons. The maximum absolute atomic E-state index is 12.8. The summed E-state index contributed by atoms with van der Waals surface area (Å²) in [6.45, 7) is 5.79. The molecule has 9 heteroatoms. The number of hydrogen-bond donors (Lipinski definition) is 2. The number of rotatable bonds is 5. The second kappa shape index (κ2) is 6.53. The van der Waals surface area contributed by atoms with Crippen LogP contribution in [0.15, 0.2) is 0 Å². The highest BCUT2D eigenvalue weighted by atomic mass is 32.2. The van der Waals surface area contributed by atoms with Crippen LogP contribution < -0.4 is 10.0 Å². The highest BCUT2D eigenvalue weighted by Gasteiger charge is 2.51. The number of hydrogen-bond acceptors (Lipinski definition) is 5. The Morgan fingerprint density at radius 2 is 2.04 bits per heavy atom. The van der Waals surface area contributed by atoms with Crippen LogP contribution >= 0.6 is 11.8 Å². The second-order valence-electron chi connectivity index (χ2n) is 8.63. The molecule has 2 aliphatic heterocycles. The summed E-state index contributed by atoms with van der Waals surface area (Å²) in [5.41, 5.74) is -0.234. The van der Waals surface area contributed by atoms with Crippen LogP contribution in [0.1, 0.15) is 46.0 Å². The number of nitrogens with zero attached hydrogens (tertiary/aromatic N) is 2. The first kappa shape index (κ1) is 18.8. The van der Waals surface area contributed by atoms with Crippen LogP contribution in [0, 0.1) is 0 Å². The lowest BCUT2D eigenvalue weighted by Gasteiger charge is -2.36. The van der Waals surface area contributed by atoms with E-state index >= 15 is 0 Å². The lowest BCUT2D eigenvalue weighted by molar-refractivity contribution is 0.189. The molecule has 2 heterocycles. The van der Waals surface area contributed by atoms with Crippen molar-refractivity contribution in [1.29, 1.82) is 0 Å². The summed E-state index contributed by atoms with van der Waals surface area (Å²) in [4.78, 5) is 16.6. The van der Waals surface area contributed by atoms with E-state index < -0.39 is 10.0 Å². The number of likely N-dealkylation sites (N-methyl/N-ethyl adjacent to an activating group) is 1. The normalized spacial score (nSPS) is 39.3. The standard InChI is InChI=1S/C17H30N4O3S2/c1-11-18-9-12(25-11)10-21-14-5-4-13(8-15(14)20(3)16(21)22)26(23,24)19-17(2)6-7-17/h11-15,18-19H,4-10H2,1-3H3. The third-order valence-electron chi connectivity index (χ3n) is 6.44. The summed E-state index contributed by atoms with van der Waals surface area (Å²) in [5.74, 6) is 0.